The molecule has 0 atom stereocenters. The molecule has 0 saturated carbocycles. The van der Waals surface area contributed by atoms with E-state index in [1.165, 1.54) is 0 Å². The molecule has 40 valence electrons. The Morgan fingerprint density at radius 3 is 2.14 bits per heavy atom. The van der Waals surface area contributed by atoms with Gasteiger partial charge in [-0.1, -0.05) is 0 Å². The second-order valence-electron chi connectivity index (χ2n) is 0.932. The van der Waals surface area contributed by atoms with Crippen LogP contribution in [0.3, 0.4) is 0 Å². The van der Waals surface area contributed by atoms with Crippen LogP contribution in [0.1, 0.15) is 6.42 Å². The molecule has 3 N–H and O–H groups in total. The van der Waals surface area contributed by atoms with Crippen molar-refractivity contribution in [3.63, 3.8) is 0 Å². The third kappa shape index (κ3) is 10.8. The van der Waals surface area contributed by atoms with E-state index >= 15 is 0 Å². The second-order valence-corrected chi connectivity index (χ2v) is 0.932. The van der Waals surface area contributed by atoms with Crippen molar-refractivity contribution in [2.24, 2.45) is 5.73 Å². The molecule has 0 aromatic rings. The molecule has 0 spiro atoms. The summed E-state index contributed by atoms with van der Waals surface area (Å²) < 4.78 is 0. The van der Waals surface area contributed by atoms with Crippen molar-refractivity contribution < 1.29 is 9.90 Å². The maximum absolute atomic E-state index is 9.52. The average molecular weight is 131 g/mol. The number of hydrogen-bond acceptors (Lipinski definition) is 2. The van der Waals surface area contributed by atoms with E-state index in [9.17, 15) is 4.79 Å². The molecule has 0 fully saturated rings. The number of carboxylic acid groups (broad SMARTS) is 1. The third-order valence-corrected chi connectivity index (χ3v) is 0.358. The molecule has 0 aliphatic carbocycles. The Morgan fingerprint density at radius 2 is 2.14 bits per heavy atom. The minimum atomic E-state index is -0.836. The Kier molecular flexibility index (Phi) is 10.2. The van der Waals surface area contributed by atoms with Crippen LogP contribution in [0, 0.1) is 0 Å². The van der Waals surface area contributed by atoms with Crippen molar-refractivity contribution >= 4 is 43.7 Å². The van der Waals surface area contributed by atoms with Gasteiger partial charge in [0, 0.05) is 6.54 Å². The molecule has 0 amide bonds. The molecular weight excluding hydrogens is 122 g/mol. The van der Waals surface area contributed by atoms with E-state index < -0.39 is 5.97 Å². The molecular formula is C3H9CaNO2. The molecule has 4 heteroatoms. The standard InChI is InChI=1S/C3H7NO2.Ca.2H/c4-2-1-3(5)6;;;/h1-2,4H2,(H,5,6);;;. The van der Waals surface area contributed by atoms with Crippen LogP contribution in [0.25, 0.3) is 0 Å². The van der Waals surface area contributed by atoms with Crippen LogP contribution in [0.5, 0.6) is 0 Å². The van der Waals surface area contributed by atoms with E-state index in [-0.39, 0.29) is 50.7 Å². The van der Waals surface area contributed by atoms with Gasteiger partial charge >= 0.3 is 43.7 Å². The third-order valence-electron chi connectivity index (χ3n) is 0.358. The summed E-state index contributed by atoms with van der Waals surface area (Å²) >= 11 is 0. The Balaban J connectivity index is 0. The van der Waals surface area contributed by atoms with Gasteiger partial charge in [0.05, 0.1) is 6.42 Å². The van der Waals surface area contributed by atoms with Crippen molar-refractivity contribution in [2.75, 3.05) is 6.54 Å². The maximum atomic E-state index is 9.52. The van der Waals surface area contributed by atoms with Gasteiger partial charge in [0.25, 0.3) is 0 Å². The zero-order valence-corrected chi connectivity index (χ0v) is 3.35. The van der Waals surface area contributed by atoms with Gasteiger partial charge in [0.1, 0.15) is 0 Å². The number of carbonyl (C=O) groups is 1. The number of carboxylic acids is 1. The van der Waals surface area contributed by atoms with Crippen molar-refractivity contribution in [2.45, 2.75) is 6.42 Å². The summed E-state index contributed by atoms with van der Waals surface area (Å²) in [6.45, 7) is 0.231. The summed E-state index contributed by atoms with van der Waals surface area (Å²) in [5, 5.41) is 7.83. The molecule has 0 heterocycles. The van der Waals surface area contributed by atoms with E-state index in [2.05, 4.69) is 0 Å². The Labute approximate surface area is 71.9 Å². The number of nitrogens with two attached hydrogens (primary N) is 1. The van der Waals surface area contributed by atoms with Gasteiger partial charge in [-0.05, 0) is 0 Å². The van der Waals surface area contributed by atoms with Crippen LogP contribution >= 0.6 is 0 Å². The summed E-state index contributed by atoms with van der Waals surface area (Å²) in [4.78, 5) is 9.52. The number of hydrogen-bond donors (Lipinski definition) is 2. The van der Waals surface area contributed by atoms with Crippen LogP contribution in [0.2, 0.25) is 0 Å². The van der Waals surface area contributed by atoms with E-state index in [0.717, 1.165) is 0 Å². The fraction of sp³-hybridized carbons (Fsp3) is 0.667. The van der Waals surface area contributed by atoms with Gasteiger partial charge in [-0.2, -0.15) is 0 Å². The van der Waals surface area contributed by atoms with Gasteiger partial charge in [0.15, 0.2) is 0 Å². The fourth-order valence-corrected chi connectivity index (χ4v) is 0.123. The quantitative estimate of drug-likeness (QED) is 0.448. The number of aliphatic carboxylic acids is 1. The monoisotopic (exact) mass is 131 g/mol. The van der Waals surface area contributed by atoms with Gasteiger partial charge in [-0.25, -0.2) is 0 Å². The Morgan fingerprint density at radius 1 is 1.71 bits per heavy atom. The minimum absolute atomic E-state index is 0. The first-order valence-electron chi connectivity index (χ1n) is 1.69. The molecule has 0 bridgehead atoms. The van der Waals surface area contributed by atoms with Crippen molar-refractivity contribution in [3.8, 4) is 0 Å². The van der Waals surface area contributed by atoms with Crippen LogP contribution in [-0.4, -0.2) is 55.4 Å². The Bertz CT molecular complexity index is 56.9. The van der Waals surface area contributed by atoms with Crippen molar-refractivity contribution in [1.29, 1.82) is 0 Å². The first kappa shape index (κ1) is 10.6. The molecule has 0 rings (SSSR count). The van der Waals surface area contributed by atoms with Crippen molar-refractivity contribution in [1.82, 2.24) is 0 Å². The molecule has 7 heavy (non-hydrogen) atoms. The first-order valence-corrected chi connectivity index (χ1v) is 1.69. The fourth-order valence-electron chi connectivity index (χ4n) is 0.123. The predicted octanol–water partition coefficient (Wildman–Crippen LogP) is -1.50. The summed E-state index contributed by atoms with van der Waals surface area (Å²) in [7, 11) is 0. The SMILES string of the molecule is NCCC(=O)O.[CaH2]. The van der Waals surface area contributed by atoms with E-state index in [1.54, 1.807) is 0 Å². The molecule has 0 unspecified atom stereocenters. The normalized spacial score (nSPS) is 7.00. The topological polar surface area (TPSA) is 63.3 Å². The van der Waals surface area contributed by atoms with Gasteiger partial charge in [-0.3, -0.25) is 4.79 Å². The first-order chi connectivity index (χ1) is 2.77. The summed E-state index contributed by atoms with van der Waals surface area (Å²) in [5.74, 6) is -0.836. The van der Waals surface area contributed by atoms with Crippen LogP contribution in [-0.2, 0) is 4.79 Å². The molecule has 0 saturated heterocycles. The van der Waals surface area contributed by atoms with E-state index in [4.69, 9.17) is 10.8 Å². The zero-order chi connectivity index (χ0) is 4.99. The summed E-state index contributed by atoms with van der Waals surface area (Å²) in [6.07, 6.45) is 0.0694. The van der Waals surface area contributed by atoms with Crippen molar-refractivity contribution in [3.05, 3.63) is 0 Å². The number of rotatable bonds is 2. The van der Waals surface area contributed by atoms with Crippen LogP contribution in [0.4, 0.5) is 0 Å². The zero-order valence-electron chi connectivity index (χ0n) is 3.35. The molecule has 0 radical (unpaired) electrons. The van der Waals surface area contributed by atoms with Gasteiger partial charge < -0.3 is 10.8 Å². The second kappa shape index (κ2) is 6.69. The van der Waals surface area contributed by atoms with E-state index in [0.29, 0.717) is 0 Å². The predicted molar refractivity (Wildman–Crippen MR) is 29.9 cm³/mol. The van der Waals surface area contributed by atoms with E-state index in [1.807, 2.05) is 0 Å². The Hall–Kier alpha value is 0.690. The molecule has 3 nitrogen and oxygen atoms in total. The van der Waals surface area contributed by atoms with Gasteiger partial charge in [-0.15, -0.1) is 0 Å². The van der Waals surface area contributed by atoms with Crippen LogP contribution in [0.15, 0.2) is 0 Å². The van der Waals surface area contributed by atoms with Gasteiger partial charge in [0.2, 0.25) is 0 Å². The molecule has 0 aliphatic heterocycles. The average Bonchev–Trinajstić information content (AvgIpc) is 1.35. The van der Waals surface area contributed by atoms with Crippen LogP contribution < -0.4 is 5.73 Å². The summed E-state index contributed by atoms with van der Waals surface area (Å²) in [6, 6.07) is 0. The molecule has 0 aliphatic rings. The summed E-state index contributed by atoms with van der Waals surface area (Å²) in [5.41, 5.74) is 4.85. The molecule has 0 aromatic heterocycles. The molecule has 0 aromatic carbocycles.